The first-order chi connectivity index (χ1) is 9.15. The molecule has 2 aromatic rings. The van der Waals surface area contributed by atoms with Gasteiger partial charge in [-0.05, 0) is 34.0 Å². The number of hydrogen-bond donors (Lipinski definition) is 2. The Hall–Kier alpha value is -2.14. The van der Waals surface area contributed by atoms with Gasteiger partial charge in [0.1, 0.15) is 0 Å². The molecule has 19 heavy (non-hydrogen) atoms. The Morgan fingerprint density at radius 1 is 1.16 bits per heavy atom. The van der Waals surface area contributed by atoms with E-state index in [1.165, 1.54) is 0 Å². The molecule has 0 radical (unpaired) electrons. The van der Waals surface area contributed by atoms with Gasteiger partial charge in [0.15, 0.2) is 0 Å². The summed E-state index contributed by atoms with van der Waals surface area (Å²) < 4.78 is 0. The number of amides is 1. The SMILES string of the molecule is O=C(O)Cc1ccccc1NC(=O)Cc1ccsc1. The molecule has 5 heteroatoms. The fraction of sp³-hybridized carbons (Fsp3) is 0.143. The average Bonchev–Trinajstić information content (AvgIpc) is 2.83. The van der Waals surface area contributed by atoms with Gasteiger partial charge >= 0.3 is 5.97 Å². The topological polar surface area (TPSA) is 66.4 Å². The van der Waals surface area contributed by atoms with Crippen molar-refractivity contribution in [3.63, 3.8) is 0 Å². The van der Waals surface area contributed by atoms with Crippen LogP contribution in [0.2, 0.25) is 0 Å². The Morgan fingerprint density at radius 3 is 2.63 bits per heavy atom. The number of carbonyl (C=O) groups is 2. The summed E-state index contributed by atoms with van der Waals surface area (Å²) in [6, 6.07) is 8.84. The predicted molar refractivity (Wildman–Crippen MR) is 74.4 cm³/mol. The molecule has 0 saturated heterocycles. The Morgan fingerprint density at radius 2 is 1.95 bits per heavy atom. The number of benzene rings is 1. The Balaban J connectivity index is 2.06. The maximum Gasteiger partial charge on any atom is 0.307 e. The van der Waals surface area contributed by atoms with E-state index < -0.39 is 5.97 Å². The maximum absolute atomic E-state index is 11.9. The van der Waals surface area contributed by atoms with Crippen LogP contribution in [-0.2, 0) is 22.4 Å². The highest BCUT2D eigenvalue weighted by Gasteiger charge is 2.09. The Kier molecular flexibility index (Phi) is 4.30. The highest BCUT2D eigenvalue weighted by molar-refractivity contribution is 7.08. The van der Waals surface area contributed by atoms with Gasteiger partial charge in [-0.15, -0.1) is 0 Å². The van der Waals surface area contributed by atoms with E-state index in [1.807, 2.05) is 16.8 Å². The minimum Gasteiger partial charge on any atom is -0.481 e. The van der Waals surface area contributed by atoms with Crippen molar-refractivity contribution in [1.82, 2.24) is 0 Å². The largest absolute Gasteiger partial charge is 0.481 e. The van der Waals surface area contributed by atoms with Crippen molar-refractivity contribution in [2.24, 2.45) is 0 Å². The maximum atomic E-state index is 11.9. The molecule has 0 bridgehead atoms. The number of anilines is 1. The number of para-hydroxylation sites is 1. The van der Waals surface area contributed by atoms with E-state index in [0.717, 1.165) is 5.56 Å². The molecule has 1 aromatic heterocycles. The van der Waals surface area contributed by atoms with Crippen molar-refractivity contribution in [2.45, 2.75) is 12.8 Å². The smallest absolute Gasteiger partial charge is 0.307 e. The Labute approximate surface area is 114 Å². The van der Waals surface area contributed by atoms with Crippen LogP contribution in [0.25, 0.3) is 0 Å². The first-order valence-electron chi connectivity index (χ1n) is 5.76. The minimum atomic E-state index is -0.917. The summed E-state index contributed by atoms with van der Waals surface area (Å²) in [5.41, 5.74) is 2.12. The van der Waals surface area contributed by atoms with E-state index in [4.69, 9.17) is 5.11 Å². The molecule has 1 aromatic carbocycles. The van der Waals surface area contributed by atoms with Crippen molar-refractivity contribution < 1.29 is 14.7 Å². The van der Waals surface area contributed by atoms with Gasteiger partial charge in [0, 0.05) is 5.69 Å². The second-order valence-corrected chi connectivity index (χ2v) is 4.86. The van der Waals surface area contributed by atoms with Crippen LogP contribution < -0.4 is 5.32 Å². The van der Waals surface area contributed by atoms with Crippen molar-refractivity contribution in [3.05, 3.63) is 52.2 Å². The number of aliphatic carboxylic acids is 1. The monoisotopic (exact) mass is 275 g/mol. The van der Waals surface area contributed by atoms with Crippen LogP contribution in [0.1, 0.15) is 11.1 Å². The number of carboxylic acids is 1. The van der Waals surface area contributed by atoms with Gasteiger partial charge in [-0.3, -0.25) is 9.59 Å². The van der Waals surface area contributed by atoms with E-state index in [1.54, 1.807) is 35.6 Å². The fourth-order valence-electron chi connectivity index (χ4n) is 1.73. The summed E-state index contributed by atoms with van der Waals surface area (Å²) in [4.78, 5) is 22.6. The average molecular weight is 275 g/mol. The van der Waals surface area contributed by atoms with E-state index in [9.17, 15) is 9.59 Å². The Bertz CT molecular complexity index is 578. The van der Waals surface area contributed by atoms with Gasteiger partial charge in [-0.1, -0.05) is 18.2 Å². The van der Waals surface area contributed by atoms with Crippen molar-refractivity contribution in [2.75, 3.05) is 5.32 Å². The molecule has 2 N–H and O–H groups in total. The highest BCUT2D eigenvalue weighted by atomic mass is 32.1. The molecule has 2 rings (SSSR count). The van der Waals surface area contributed by atoms with Crippen LogP contribution in [0.15, 0.2) is 41.1 Å². The lowest BCUT2D eigenvalue weighted by Gasteiger charge is -2.09. The van der Waals surface area contributed by atoms with E-state index in [0.29, 0.717) is 17.7 Å². The quantitative estimate of drug-likeness (QED) is 0.881. The summed E-state index contributed by atoms with van der Waals surface area (Å²) in [5, 5.41) is 15.4. The summed E-state index contributed by atoms with van der Waals surface area (Å²) in [5.74, 6) is -1.06. The van der Waals surface area contributed by atoms with Gasteiger partial charge in [-0.2, -0.15) is 11.3 Å². The van der Waals surface area contributed by atoms with Crippen molar-refractivity contribution in [3.8, 4) is 0 Å². The second kappa shape index (κ2) is 6.15. The third-order valence-electron chi connectivity index (χ3n) is 2.58. The van der Waals surface area contributed by atoms with Gasteiger partial charge in [-0.25, -0.2) is 0 Å². The lowest BCUT2D eigenvalue weighted by molar-refractivity contribution is -0.136. The highest BCUT2D eigenvalue weighted by Crippen LogP contribution is 2.16. The number of carboxylic acid groups (broad SMARTS) is 1. The predicted octanol–water partition coefficient (Wildman–Crippen LogP) is 2.56. The number of rotatable bonds is 5. The molecule has 1 heterocycles. The summed E-state index contributed by atoms with van der Waals surface area (Å²) in [6.45, 7) is 0. The zero-order valence-electron chi connectivity index (χ0n) is 10.1. The normalized spacial score (nSPS) is 10.1. The first-order valence-corrected chi connectivity index (χ1v) is 6.70. The molecule has 4 nitrogen and oxygen atoms in total. The molecule has 0 saturated carbocycles. The summed E-state index contributed by atoms with van der Waals surface area (Å²) >= 11 is 1.54. The molecule has 0 aliphatic heterocycles. The van der Waals surface area contributed by atoms with E-state index in [2.05, 4.69) is 5.32 Å². The van der Waals surface area contributed by atoms with Gasteiger partial charge < -0.3 is 10.4 Å². The minimum absolute atomic E-state index is 0.102. The van der Waals surface area contributed by atoms with Crippen LogP contribution in [-0.4, -0.2) is 17.0 Å². The molecule has 0 atom stereocenters. The number of carbonyl (C=O) groups excluding carboxylic acids is 1. The summed E-state index contributed by atoms with van der Waals surface area (Å²) in [7, 11) is 0. The van der Waals surface area contributed by atoms with Gasteiger partial charge in [0.25, 0.3) is 0 Å². The van der Waals surface area contributed by atoms with Crippen LogP contribution >= 0.6 is 11.3 Å². The van der Waals surface area contributed by atoms with Crippen LogP contribution in [0.3, 0.4) is 0 Å². The molecule has 0 aliphatic carbocycles. The molecule has 1 amide bonds. The number of hydrogen-bond acceptors (Lipinski definition) is 3. The van der Waals surface area contributed by atoms with E-state index >= 15 is 0 Å². The fourth-order valence-corrected chi connectivity index (χ4v) is 2.40. The molecule has 0 aliphatic rings. The third-order valence-corrected chi connectivity index (χ3v) is 3.31. The molecular weight excluding hydrogens is 262 g/mol. The standard InChI is InChI=1S/C14H13NO3S/c16-13(7-10-5-6-19-9-10)15-12-4-2-1-3-11(12)8-14(17)18/h1-6,9H,7-8H2,(H,15,16)(H,17,18). The first kappa shape index (κ1) is 13.3. The summed E-state index contributed by atoms with van der Waals surface area (Å²) in [6.07, 6.45) is 0.194. The van der Waals surface area contributed by atoms with Gasteiger partial charge in [0.05, 0.1) is 12.8 Å². The van der Waals surface area contributed by atoms with Crippen LogP contribution in [0.5, 0.6) is 0 Å². The van der Waals surface area contributed by atoms with Crippen molar-refractivity contribution in [1.29, 1.82) is 0 Å². The number of nitrogens with one attached hydrogen (secondary N) is 1. The second-order valence-electron chi connectivity index (χ2n) is 4.08. The molecule has 0 fully saturated rings. The molecular formula is C14H13NO3S. The lowest BCUT2D eigenvalue weighted by Crippen LogP contribution is -2.16. The molecule has 0 spiro atoms. The van der Waals surface area contributed by atoms with Crippen molar-refractivity contribution >= 4 is 28.9 Å². The third kappa shape index (κ3) is 3.93. The van der Waals surface area contributed by atoms with Gasteiger partial charge in [0.2, 0.25) is 5.91 Å². The van der Waals surface area contributed by atoms with Crippen LogP contribution in [0, 0.1) is 0 Å². The zero-order valence-corrected chi connectivity index (χ0v) is 10.9. The number of thiophene rings is 1. The molecule has 0 unspecified atom stereocenters. The zero-order chi connectivity index (χ0) is 13.7. The van der Waals surface area contributed by atoms with E-state index in [-0.39, 0.29) is 12.3 Å². The lowest BCUT2D eigenvalue weighted by atomic mass is 10.1. The molecule has 98 valence electrons. The van der Waals surface area contributed by atoms with Crippen LogP contribution in [0.4, 0.5) is 5.69 Å².